The lowest BCUT2D eigenvalue weighted by Gasteiger charge is -2.31. The Kier molecular flexibility index (Phi) is 4.15. The second-order valence-corrected chi connectivity index (χ2v) is 4.35. The molecule has 0 bridgehead atoms. The van der Waals surface area contributed by atoms with E-state index in [4.69, 9.17) is 4.74 Å². The van der Waals surface area contributed by atoms with Crippen molar-refractivity contribution < 1.29 is 9.53 Å². The predicted octanol–water partition coefficient (Wildman–Crippen LogP) is 2.39. The third-order valence-electron chi connectivity index (χ3n) is 3.16. The van der Waals surface area contributed by atoms with E-state index >= 15 is 0 Å². The van der Waals surface area contributed by atoms with Crippen LogP contribution in [0, 0.1) is 0 Å². The largest absolute Gasteiger partial charge is 0.364 e. The van der Waals surface area contributed by atoms with Gasteiger partial charge in [-0.3, -0.25) is 4.79 Å². The summed E-state index contributed by atoms with van der Waals surface area (Å²) in [6, 6.07) is 10.1. The summed E-state index contributed by atoms with van der Waals surface area (Å²) in [5, 5.41) is 0. The van der Waals surface area contributed by atoms with Crippen LogP contribution in [0.25, 0.3) is 0 Å². The zero-order valence-electron chi connectivity index (χ0n) is 10.3. The summed E-state index contributed by atoms with van der Waals surface area (Å²) in [5.74, 6) is 0.116. The third kappa shape index (κ3) is 3.07. The predicted molar refractivity (Wildman–Crippen MR) is 66.6 cm³/mol. The Bertz CT molecular complexity index is 360. The summed E-state index contributed by atoms with van der Waals surface area (Å²) in [6.45, 7) is 4.06. The molecule has 0 aromatic heterocycles. The van der Waals surface area contributed by atoms with Crippen LogP contribution in [0.15, 0.2) is 30.3 Å². The molecule has 1 aromatic carbocycles. The molecule has 1 fully saturated rings. The Morgan fingerprint density at radius 3 is 2.59 bits per heavy atom. The molecule has 92 valence electrons. The summed E-state index contributed by atoms with van der Waals surface area (Å²) in [6.07, 6.45) is 2.04. The molecule has 0 N–H and O–H groups in total. The van der Waals surface area contributed by atoms with Gasteiger partial charge in [0.2, 0.25) is 5.91 Å². The highest BCUT2D eigenvalue weighted by Gasteiger charge is 2.21. The van der Waals surface area contributed by atoms with E-state index in [2.05, 4.69) is 6.92 Å². The van der Waals surface area contributed by atoms with Gasteiger partial charge >= 0.3 is 0 Å². The molecule has 0 radical (unpaired) electrons. The highest BCUT2D eigenvalue weighted by atomic mass is 16.5. The number of rotatable bonds is 5. The van der Waals surface area contributed by atoms with Gasteiger partial charge in [0.15, 0.2) is 0 Å². The molecule has 1 aliphatic rings. The maximum Gasteiger partial charge on any atom is 0.248 e. The van der Waals surface area contributed by atoms with Crippen LogP contribution in [-0.4, -0.2) is 30.5 Å². The first-order valence-electron chi connectivity index (χ1n) is 6.25. The van der Waals surface area contributed by atoms with Crippen LogP contribution in [0.2, 0.25) is 0 Å². The maximum absolute atomic E-state index is 11.7. The van der Waals surface area contributed by atoms with Gasteiger partial charge in [-0.15, -0.1) is 0 Å². The average Bonchev–Trinajstić information content (AvgIpc) is 2.29. The monoisotopic (exact) mass is 233 g/mol. The van der Waals surface area contributed by atoms with E-state index in [0.717, 1.165) is 31.5 Å². The Morgan fingerprint density at radius 2 is 2.06 bits per heavy atom. The Labute approximate surface area is 102 Å². The van der Waals surface area contributed by atoms with Gasteiger partial charge in [0.05, 0.1) is 6.10 Å². The standard InChI is InChI=1S/C14H19NO2/c1-2-13(12-7-4-3-5-8-12)17-11-14(16)15-9-6-10-15/h3-5,7-8,13H,2,6,9-11H2,1H3. The average molecular weight is 233 g/mol. The first kappa shape index (κ1) is 12.1. The molecule has 1 heterocycles. The summed E-state index contributed by atoms with van der Waals surface area (Å²) in [5.41, 5.74) is 1.14. The summed E-state index contributed by atoms with van der Waals surface area (Å²) < 4.78 is 5.70. The SMILES string of the molecule is CCC(OCC(=O)N1CCC1)c1ccccc1. The lowest BCUT2D eigenvalue weighted by atomic mass is 10.1. The number of carbonyl (C=O) groups is 1. The van der Waals surface area contributed by atoms with Crippen molar-refractivity contribution >= 4 is 5.91 Å². The van der Waals surface area contributed by atoms with Crippen molar-refractivity contribution in [3.63, 3.8) is 0 Å². The third-order valence-corrected chi connectivity index (χ3v) is 3.16. The zero-order chi connectivity index (χ0) is 12.1. The highest BCUT2D eigenvalue weighted by molar-refractivity contribution is 5.78. The van der Waals surface area contributed by atoms with Crippen LogP contribution >= 0.6 is 0 Å². The molecule has 1 saturated heterocycles. The minimum atomic E-state index is 0.0291. The van der Waals surface area contributed by atoms with E-state index in [-0.39, 0.29) is 18.6 Å². The van der Waals surface area contributed by atoms with Gasteiger partial charge in [0.25, 0.3) is 0 Å². The van der Waals surface area contributed by atoms with E-state index in [0.29, 0.717) is 0 Å². The van der Waals surface area contributed by atoms with Crippen molar-refractivity contribution in [3.05, 3.63) is 35.9 Å². The Morgan fingerprint density at radius 1 is 1.35 bits per heavy atom. The van der Waals surface area contributed by atoms with E-state index in [1.165, 1.54) is 0 Å². The van der Waals surface area contributed by atoms with Crippen molar-refractivity contribution in [2.75, 3.05) is 19.7 Å². The second-order valence-electron chi connectivity index (χ2n) is 4.35. The second kappa shape index (κ2) is 5.82. The van der Waals surface area contributed by atoms with Crippen molar-refractivity contribution in [2.45, 2.75) is 25.9 Å². The van der Waals surface area contributed by atoms with Crippen LogP contribution in [0.5, 0.6) is 0 Å². The molecule has 1 aromatic rings. The van der Waals surface area contributed by atoms with Crippen LogP contribution in [0.3, 0.4) is 0 Å². The molecule has 0 aliphatic carbocycles. The molecule has 0 saturated carbocycles. The van der Waals surface area contributed by atoms with E-state index < -0.39 is 0 Å². The van der Waals surface area contributed by atoms with Gasteiger partial charge in [0.1, 0.15) is 6.61 Å². The van der Waals surface area contributed by atoms with Gasteiger partial charge < -0.3 is 9.64 Å². The van der Waals surface area contributed by atoms with E-state index in [9.17, 15) is 4.79 Å². The van der Waals surface area contributed by atoms with Crippen molar-refractivity contribution in [2.24, 2.45) is 0 Å². The smallest absolute Gasteiger partial charge is 0.248 e. The van der Waals surface area contributed by atoms with Crippen LogP contribution in [-0.2, 0) is 9.53 Å². The quantitative estimate of drug-likeness (QED) is 0.781. The van der Waals surface area contributed by atoms with Gasteiger partial charge in [-0.05, 0) is 18.4 Å². The number of carbonyl (C=O) groups excluding carboxylic acids is 1. The van der Waals surface area contributed by atoms with Gasteiger partial charge in [0, 0.05) is 13.1 Å². The number of amides is 1. The fraction of sp³-hybridized carbons (Fsp3) is 0.500. The van der Waals surface area contributed by atoms with Crippen LogP contribution < -0.4 is 0 Å². The molecule has 0 spiro atoms. The fourth-order valence-corrected chi connectivity index (χ4v) is 1.95. The topological polar surface area (TPSA) is 29.5 Å². The number of hydrogen-bond acceptors (Lipinski definition) is 2. The van der Waals surface area contributed by atoms with Crippen molar-refractivity contribution in [1.29, 1.82) is 0 Å². The molecule has 3 heteroatoms. The molecular weight excluding hydrogens is 214 g/mol. The number of nitrogens with zero attached hydrogens (tertiary/aromatic N) is 1. The molecule has 1 aliphatic heterocycles. The number of benzene rings is 1. The number of likely N-dealkylation sites (tertiary alicyclic amines) is 1. The number of hydrogen-bond donors (Lipinski definition) is 0. The minimum Gasteiger partial charge on any atom is -0.364 e. The van der Waals surface area contributed by atoms with Crippen molar-refractivity contribution in [1.82, 2.24) is 4.90 Å². The van der Waals surface area contributed by atoms with Gasteiger partial charge in [-0.1, -0.05) is 37.3 Å². The van der Waals surface area contributed by atoms with Gasteiger partial charge in [-0.2, -0.15) is 0 Å². The van der Waals surface area contributed by atoms with E-state index in [1.807, 2.05) is 35.2 Å². The Hall–Kier alpha value is -1.35. The van der Waals surface area contributed by atoms with Crippen LogP contribution in [0.1, 0.15) is 31.4 Å². The molecule has 1 unspecified atom stereocenters. The molecule has 1 amide bonds. The molecular formula is C14H19NO2. The molecule has 3 nitrogen and oxygen atoms in total. The zero-order valence-corrected chi connectivity index (χ0v) is 10.3. The van der Waals surface area contributed by atoms with Gasteiger partial charge in [-0.25, -0.2) is 0 Å². The van der Waals surface area contributed by atoms with Crippen LogP contribution in [0.4, 0.5) is 0 Å². The normalized spacial score (nSPS) is 16.4. The fourth-order valence-electron chi connectivity index (χ4n) is 1.95. The maximum atomic E-state index is 11.7. The highest BCUT2D eigenvalue weighted by Crippen LogP contribution is 2.20. The first-order chi connectivity index (χ1) is 8.31. The molecule has 1 atom stereocenters. The van der Waals surface area contributed by atoms with Crippen molar-refractivity contribution in [3.8, 4) is 0 Å². The van der Waals surface area contributed by atoms with E-state index in [1.54, 1.807) is 0 Å². The number of ether oxygens (including phenoxy) is 1. The summed E-state index contributed by atoms with van der Waals surface area (Å²) in [4.78, 5) is 13.5. The first-order valence-corrected chi connectivity index (χ1v) is 6.25. The lowest BCUT2D eigenvalue weighted by molar-refractivity contribution is -0.141. The molecule has 2 rings (SSSR count). The summed E-state index contributed by atoms with van der Waals surface area (Å²) in [7, 11) is 0. The minimum absolute atomic E-state index is 0.0291. The molecule has 17 heavy (non-hydrogen) atoms. The summed E-state index contributed by atoms with van der Waals surface area (Å²) >= 11 is 0. The lowest BCUT2D eigenvalue weighted by Crippen LogP contribution is -2.44. The Balaban J connectivity index is 1.85.